The van der Waals surface area contributed by atoms with Gasteiger partial charge in [-0.25, -0.2) is 13.2 Å². The van der Waals surface area contributed by atoms with E-state index in [9.17, 15) is 18.0 Å². The van der Waals surface area contributed by atoms with Gasteiger partial charge >= 0.3 is 6.03 Å². The zero-order chi connectivity index (χ0) is 22.9. The van der Waals surface area contributed by atoms with E-state index in [1.165, 1.54) is 12.1 Å². The summed E-state index contributed by atoms with van der Waals surface area (Å²) in [5, 5.41) is 9.51. The molecule has 7 nitrogen and oxygen atoms in total. The van der Waals surface area contributed by atoms with E-state index in [1.54, 1.807) is 24.3 Å². The van der Waals surface area contributed by atoms with E-state index in [0.717, 1.165) is 37.5 Å². The largest absolute Gasteiger partial charge is 0.349 e. The summed E-state index contributed by atoms with van der Waals surface area (Å²) in [4.78, 5) is 24.7. The maximum atomic E-state index is 12.5. The number of halogens is 1. The monoisotopic (exact) mass is 475 g/mol. The number of urea groups is 1. The van der Waals surface area contributed by atoms with Crippen molar-refractivity contribution in [3.63, 3.8) is 0 Å². The fourth-order valence-corrected chi connectivity index (χ4v) is 5.46. The molecule has 2 aromatic rings. The molecule has 2 aromatic carbocycles. The van der Waals surface area contributed by atoms with Gasteiger partial charge in [0, 0.05) is 35.5 Å². The van der Waals surface area contributed by atoms with Gasteiger partial charge < -0.3 is 16.0 Å². The maximum absolute atomic E-state index is 12.5. The molecule has 4 rings (SSSR count). The molecule has 0 radical (unpaired) electrons. The van der Waals surface area contributed by atoms with E-state index in [0.29, 0.717) is 17.1 Å². The Bertz CT molecular complexity index is 1120. The molecule has 2 aliphatic rings. The number of amides is 3. The van der Waals surface area contributed by atoms with Crippen molar-refractivity contribution in [2.75, 3.05) is 6.26 Å². The predicted molar refractivity (Wildman–Crippen MR) is 122 cm³/mol. The molecule has 0 atom stereocenters. The molecule has 170 valence electrons. The Morgan fingerprint density at radius 3 is 2.25 bits per heavy atom. The smallest absolute Gasteiger partial charge is 0.315 e. The van der Waals surface area contributed by atoms with Crippen LogP contribution in [-0.4, -0.2) is 38.7 Å². The molecular weight excluding hydrogens is 450 g/mol. The molecule has 1 spiro atoms. The van der Waals surface area contributed by atoms with Crippen LogP contribution in [0.2, 0.25) is 5.02 Å². The first-order chi connectivity index (χ1) is 15.1. The second-order valence-electron chi connectivity index (χ2n) is 8.94. The summed E-state index contributed by atoms with van der Waals surface area (Å²) < 4.78 is 23.4. The van der Waals surface area contributed by atoms with Crippen molar-refractivity contribution in [2.45, 2.75) is 49.2 Å². The third kappa shape index (κ3) is 5.24. The molecule has 2 fully saturated rings. The third-order valence-corrected chi connectivity index (χ3v) is 7.64. The average molecular weight is 476 g/mol. The molecule has 2 saturated carbocycles. The van der Waals surface area contributed by atoms with Gasteiger partial charge in [0.25, 0.3) is 5.91 Å². The predicted octanol–water partition coefficient (Wildman–Crippen LogP) is 3.28. The average Bonchev–Trinajstić information content (AvgIpc) is 2.69. The van der Waals surface area contributed by atoms with Crippen molar-refractivity contribution in [1.82, 2.24) is 16.0 Å². The highest BCUT2D eigenvalue weighted by molar-refractivity contribution is 7.90. The zero-order valence-electron chi connectivity index (χ0n) is 17.7. The second kappa shape index (κ2) is 8.75. The van der Waals surface area contributed by atoms with E-state index < -0.39 is 9.84 Å². The summed E-state index contributed by atoms with van der Waals surface area (Å²) in [5.74, 6) is -0.258. The number of hydrogen-bond donors (Lipinski definition) is 3. The van der Waals surface area contributed by atoms with Crippen LogP contribution >= 0.6 is 11.6 Å². The van der Waals surface area contributed by atoms with Gasteiger partial charge in [-0.15, -0.1) is 0 Å². The summed E-state index contributed by atoms with van der Waals surface area (Å²) in [5.41, 5.74) is 1.51. The number of carbonyl (C=O) groups excluding carboxylic acids is 2. The number of nitrogens with one attached hydrogen (secondary N) is 3. The standard InChI is InChI=1S/C23H26ClN3O4S/c1-32(30,31)20-4-2-3-16(9-20)21(28)26-18-10-23(11-18)12-19(13-23)27-22(29)25-14-15-5-7-17(24)8-6-15/h2-9,18-19H,10-14H2,1H3,(H,26,28)(H2,25,27,29). The van der Waals surface area contributed by atoms with E-state index in [1.807, 2.05) is 12.1 Å². The maximum Gasteiger partial charge on any atom is 0.315 e. The lowest BCUT2D eigenvalue weighted by Gasteiger charge is -2.57. The Balaban J connectivity index is 1.18. The quantitative estimate of drug-likeness (QED) is 0.596. The number of benzene rings is 2. The van der Waals surface area contributed by atoms with Crippen LogP contribution in [0, 0.1) is 5.41 Å². The molecule has 0 saturated heterocycles. The Hall–Kier alpha value is -2.58. The minimum atomic E-state index is -3.36. The first-order valence-electron chi connectivity index (χ1n) is 10.5. The van der Waals surface area contributed by atoms with Crippen LogP contribution < -0.4 is 16.0 Å². The van der Waals surface area contributed by atoms with E-state index in [4.69, 9.17) is 11.6 Å². The first-order valence-corrected chi connectivity index (χ1v) is 12.8. The van der Waals surface area contributed by atoms with Crippen molar-refractivity contribution in [3.8, 4) is 0 Å². The Morgan fingerprint density at radius 2 is 1.62 bits per heavy atom. The highest BCUT2D eigenvalue weighted by atomic mass is 35.5. The van der Waals surface area contributed by atoms with Crippen LogP contribution in [0.25, 0.3) is 0 Å². The highest BCUT2D eigenvalue weighted by Crippen LogP contribution is 2.55. The lowest BCUT2D eigenvalue weighted by atomic mass is 9.52. The lowest BCUT2D eigenvalue weighted by Crippen LogP contribution is -2.61. The van der Waals surface area contributed by atoms with E-state index in [2.05, 4.69) is 16.0 Å². The van der Waals surface area contributed by atoms with Crippen molar-refractivity contribution in [3.05, 3.63) is 64.7 Å². The van der Waals surface area contributed by atoms with Crippen LogP contribution in [0.15, 0.2) is 53.4 Å². The van der Waals surface area contributed by atoms with Gasteiger partial charge in [0.2, 0.25) is 0 Å². The summed E-state index contributed by atoms with van der Waals surface area (Å²) >= 11 is 5.86. The minimum Gasteiger partial charge on any atom is -0.349 e. The first kappa shape index (κ1) is 22.6. The molecule has 0 unspecified atom stereocenters. The van der Waals surface area contributed by atoms with E-state index >= 15 is 0 Å². The van der Waals surface area contributed by atoms with Crippen LogP contribution in [0.5, 0.6) is 0 Å². The van der Waals surface area contributed by atoms with E-state index in [-0.39, 0.29) is 34.3 Å². The number of sulfone groups is 1. The molecule has 3 amide bonds. The third-order valence-electron chi connectivity index (χ3n) is 6.28. The van der Waals surface area contributed by atoms with Crippen LogP contribution in [0.3, 0.4) is 0 Å². The van der Waals surface area contributed by atoms with Crippen molar-refractivity contribution in [2.24, 2.45) is 5.41 Å². The normalized spacial score (nSPS) is 24.2. The molecule has 2 aliphatic carbocycles. The van der Waals surface area contributed by atoms with Gasteiger partial charge in [-0.1, -0.05) is 29.8 Å². The van der Waals surface area contributed by atoms with Crippen molar-refractivity contribution in [1.29, 1.82) is 0 Å². The van der Waals surface area contributed by atoms with Gasteiger partial charge in [0.15, 0.2) is 9.84 Å². The minimum absolute atomic E-state index is 0.0732. The molecule has 0 bridgehead atoms. The molecule has 32 heavy (non-hydrogen) atoms. The van der Waals surface area contributed by atoms with Gasteiger partial charge in [-0.2, -0.15) is 0 Å². The SMILES string of the molecule is CS(=O)(=O)c1cccc(C(=O)NC2CC3(CC(NC(=O)NCc4ccc(Cl)cc4)C3)C2)c1. The Kier molecular flexibility index (Phi) is 6.18. The van der Waals surface area contributed by atoms with Gasteiger partial charge in [0.05, 0.1) is 4.90 Å². The van der Waals surface area contributed by atoms with Gasteiger partial charge in [-0.3, -0.25) is 4.79 Å². The molecule has 0 heterocycles. The summed E-state index contributed by atoms with van der Waals surface area (Å²) in [6.07, 6.45) is 4.66. The summed E-state index contributed by atoms with van der Waals surface area (Å²) in [7, 11) is -3.36. The van der Waals surface area contributed by atoms with Crippen molar-refractivity contribution >= 4 is 33.4 Å². The van der Waals surface area contributed by atoms with Crippen LogP contribution in [0.4, 0.5) is 4.79 Å². The Morgan fingerprint density at radius 1 is 1.00 bits per heavy atom. The second-order valence-corrected chi connectivity index (χ2v) is 11.4. The van der Waals surface area contributed by atoms with Gasteiger partial charge in [0.1, 0.15) is 0 Å². The fourth-order valence-electron chi connectivity index (χ4n) is 4.67. The molecule has 0 aliphatic heterocycles. The molecule has 0 aromatic heterocycles. The number of hydrogen-bond acceptors (Lipinski definition) is 4. The van der Waals surface area contributed by atoms with Gasteiger partial charge in [-0.05, 0) is 67.0 Å². The molecule has 3 N–H and O–H groups in total. The van der Waals surface area contributed by atoms with Crippen LogP contribution in [-0.2, 0) is 16.4 Å². The molecule has 9 heteroatoms. The molecular formula is C23H26ClN3O4S. The highest BCUT2D eigenvalue weighted by Gasteiger charge is 2.53. The van der Waals surface area contributed by atoms with Crippen LogP contribution in [0.1, 0.15) is 41.6 Å². The fraction of sp³-hybridized carbons (Fsp3) is 0.391. The van der Waals surface area contributed by atoms with Crippen molar-refractivity contribution < 1.29 is 18.0 Å². The summed E-state index contributed by atoms with van der Waals surface area (Å²) in [6, 6.07) is 13.5. The lowest BCUT2D eigenvalue weighted by molar-refractivity contribution is -0.0236. The Labute approximate surface area is 192 Å². The summed E-state index contributed by atoms with van der Waals surface area (Å²) in [6.45, 7) is 0.440. The zero-order valence-corrected chi connectivity index (χ0v) is 19.3. The number of carbonyl (C=O) groups is 2. The topological polar surface area (TPSA) is 104 Å². The number of rotatable bonds is 6.